The number of halogens is 4. The summed E-state index contributed by atoms with van der Waals surface area (Å²) in [6, 6.07) is 4.41. The molecule has 144 valence electrons. The number of rotatable bonds is 5. The smallest absolute Gasteiger partial charge is 0.259 e. The molecule has 0 atom stereocenters. The summed E-state index contributed by atoms with van der Waals surface area (Å²) in [5.74, 6) is -4.13. The predicted octanol–water partition coefficient (Wildman–Crippen LogP) is 5.11. The average Bonchev–Trinajstić information content (AvgIpc) is 2.70. The van der Waals surface area contributed by atoms with Crippen molar-refractivity contribution in [2.75, 3.05) is 12.4 Å². The largest absolute Gasteiger partial charge is 0.490 e. The van der Waals surface area contributed by atoms with Gasteiger partial charge in [0.15, 0.2) is 11.6 Å². The highest BCUT2D eigenvalue weighted by Gasteiger charge is 2.21. The van der Waals surface area contributed by atoms with Gasteiger partial charge >= 0.3 is 0 Å². The molecular weight excluding hydrogens is 415 g/mol. The number of carbonyl (C=O) groups excluding carboxylic acids is 1. The van der Waals surface area contributed by atoms with E-state index >= 15 is 0 Å². The standard InChI is InChI=1S/C18H11Cl2F2N3O3/c1-27-17-14(3-2-13(21)16(17)22)28-15-5-12(20)11(19)4-10(15)18(26)25-9-6-23-8-24-7-9/h2-8H,1H3,(H,25,26)/i1D. The molecule has 1 amide bonds. The lowest BCUT2D eigenvalue weighted by atomic mass is 10.1. The molecule has 0 aliphatic heterocycles. The van der Waals surface area contributed by atoms with Crippen LogP contribution in [0.15, 0.2) is 43.0 Å². The van der Waals surface area contributed by atoms with Gasteiger partial charge in [-0.15, -0.1) is 0 Å². The van der Waals surface area contributed by atoms with Crippen molar-refractivity contribution in [2.45, 2.75) is 0 Å². The van der Waals surface area contributed by atoms with Gasteiger partial charge in [0.1, 0.15) is 12.1 Å². The van der Waals surface area contributed by atoms with Crippen LogP contribution in [0.3, 0.4) is 0 Å². The van der Waals surface area contributed by atoms with Gasteiger partial charge in [-0.2, -0.15) is 4.39 Å². The van der Waals surface area contributed by atoms with Crippen molar-refractivity contribution in [3.05, 3.63) is 70.2 Å². The van der Waals surface area contributed by atoms with E-state index < -0.39 is 30.4 Å². The quantitative estimate of drug-likeness (QED) is 0.613. The number of amides is 1. The number of hydrogen-bond donors (Lipinski definition) is 1. The lowest BCUT2D eigenvalue weighted by molar-refractivity contribution is 0.102. The van der Waals surface area contributed by atoms with Crippen LogP contribution in [0.4, 0.5) is 14.5 Å². The van der Waals surface area contributed by atoms with Crippen LogP contribution in [0.1, 0.15) is 11.7 Å². The third-order valence-corrected chi connectivity index (χ3v) is 4.19. The molecule has 6 nitrogen and oxygen atoms in total. The van der Waals surface area contributed by atoms with Gasteiger partial charge in [0.05, 0.1) is 42.1 Å². The van der Waals surface area contributed by atoms with E-state index in [0.29, 0.717) is 5.69 Å². The molecular formula is C18H11Cl2F2N3O3. The van der Waals surface area contributed by atoms with Gasteiger partial charge in [-0.1, -0.05) is 23.2 Å². The van der Waals surface area contributed by atoms with Crippen molar-refractivity contribution < 1.29 is 24.4 Å². The van der Waals surface area contributed by atoms with Gasteiger partial charge in [-0.3, -0.25) is 4.79 Å². The molecule has 1 N–H and O–H groups in total. The molecule has 10 heteroatoms. The number of anilines is 1. The van der Waals surface area contributed by atoms with Gasteiger partial charge < -0.3 is 14.8 Å². The van der Waals surface area contributed by atoms with E-state index in [4.69, 9.17) is 34.0 Å². The minimum atomic E-state index is -1.33. The number of methoxy groups -OCH3 is 1. The predicted molar refractivity (Wildman–Crippen MR) is 99.4 cm³/mol. The Morgan fingerprint density at radius 3 is 2.57 bits per heavy atom. The number of benzene rings is 2. The van der Waals surface area contributed by atoms with Crippen molar-refractivity contribution in [2.24, 2.45) is 0 Å². The van der Waals surface area contributed by atoms with E-state index in [0.717, 1.165) is 12.1 Å². The summed E-state index contributed by atoms with van der Waals surface area (Å²) < 4.78 is 45.0. The van der Waals surface area contributed by atoms with Crippen molar-refractivity contribution >= 4 is 34.8 Å². The van der Waals surface area contributed by atoms with E-state index in [1.165, 1.54) is 30.9 Å². The van der Waals surface area contributed by atoms with Crippen LogP contribution < -0.4 is 14.8 Å². The maximum Gasteiger partial charge on any atom is 0.259 e. The van der Waals surface area contributed by atoms with Crippen LogP contribution in [-0.2, 0) is 0 Å². The Morgan fingerprint density at radius 1 is 1.14 bits per heavy atom. The van der Waals surface area contributed by atoms with Crippen molar-refractivity contribution in [1.29, 1.82) is 0 Å². The van der Waals surface area contributed by atoms with Crippen LogP contribution in [0.5, 0.6) is 17.2 Å². The summed E-state index contributed by atoms with van der Waals surface area (Å²) in [6.45, 7) is 0. The second-order valence-corrected chi connectivity index (χ2v) is 6.09. The van der Waals surface area contributed by atoms with E-state index in [1.807, 2.05) is 0 Å². The van der Waals surface area contributed by atoms with E-state index in [1.54, 1.807) is 0 Å². The third-order valence-electron chi connectivity index (χ3n) is 3.46. The Bertz CT molecular complexity index is 1060. The first-order valence-electron chi connectivity index (χ1n) is 8.24. The summed E-state index contributed by atoms with van der Waals surface area (Å²) in [5, 5.41) is 2.68. The number of hydrogen-bond acceptors (Lipinski definition) is 5. The van der Waals surface area contributed by atoms with Gasteiger partial charge in [0, 0.05) is 6.07 Å². The highest BCUT2D eigenvalue weighted by Crippen LogP contribution is 2.39. The van der Waals surface area contributed by atoms with Crippen molar-refractivity contribution in [1.82, 2.24) is 9.97 Å². The summed E-state index contributed by atoms with van der Waals surface area (Å²) in [5.41, 5.74) is 0.255. The zero-order chi connectivity index (χ0) is 21.0. The first-order chi connectivity index (χ1) is 13.9. The molecule has 0 radical (unpaired) electrons. The van der Waals surface area contributed by atoms with E-state index in [-0.39, 0.29) is 27.1 Å². The maximum atomic E-state index is 14.0. The second-order valence-electron chi connectivity index (χ2n) is 5.28. The number of ether oxygens (including phenoxy) is 2. The normalized spacial score (nSPS) is 10.9. The molecule has 0 saturated carbocycles. The van der Waals surface area contributed by atoms with Crippen LogP contribution in [0, 0.1) is 11.6 Å². The van der Waals surface area contributed by atoms with Gasteiger partial charge in [0.25, 0.3) is 5.91 Å². The molecule has 3 rings (SSSR count). The maximum absolute atomic E-state index is 14.0. The fourth-order valence-corrected chi connectivity index (χ4v) is 2.52. The highest BCUT2D eigenvalue weighted by atomic mass is 35.5. The molecule has 3 aromatic rings. The lowest BCUT2D eigenvalue weighted by Gasteiger charge is -2.15. The minimum absolute atomic E-state index is 0.0511. The zero-order valence-electron chi connectivity index (χ0n) is 14.9. The van der Waals surface area contributed by atoms with Crippen LogP contribution in [-0.4, -0.2) is 23.0 Å². The Labute approximate surface area is 169 Å². The van der Waals surface area contributed by atoms with Crippen molar-refractivity contribution in [3.63, 3.8) is 0 Å². The molecule has 0 saturated heterocycles. The first-order valence-corrected chi connectivity index (χ1v) is 8.29. The van der Waals surface area contributed by atoms with Gasteiger partial charge in [0.2, 0.25) is 11.6 Å². The Balaban J connectivity index is 2.01. The van der Waals surface area contributed by atoms with E-state index in [9.17, 15) is 13.6 Å². The molecule has 0 spiro atoms. The Kier molecular flexibility index (Phi) is 5.50. The minimum Gasteiger partial charge on any atom is -0.490 e. The Morgan fingerprint density at radius 2 is 1.86 bits per heavy atom. The third kappa shape index (κ3) is 4.13. The summed E-state index contributed by atoms with van der Waals surface area (Å²) >= 11 is 12.0. The molecule has 0 aliphatic carbocycles. The summed E-state index contributed by atoms with van der Waals surface area (Å²) in [6.07, 6.45) is 4.04. The van der Waals surface area contributed by atoms with Crippen LogP contribution in [0.2, 0.25) is 10.0 Å². The summed E-state index contributed by atoms with van der Waals surface area (Å²) in [7, 11) is -0.681. The molecule has 28 heavy (non-hydrogen) atoms. The molecule has 2 aromatic carbocycles. The number of nitrogens with zero attached hydrogens (tertiary/aromatic N) is 2. The average molecular weight is 427 g/mol. The highest BCUT2D eigenvalue weighted by molar-refractivity contribution is 6.42. The lowest BCUT2D eigenvalue weighted by Crippen LogP contribution is -2.13. The number of aromatic nitrogens is 2. The molecule has 1 aromatic heterocycles. The molecule has 0 unspecified atom stereocenters. The SMILES string of the molecule is [2H]COc1c(Oc2cc(Cl)c(Cl)cc2C(=O)Nc2cncnc2)ccc(F)c1F. The second kappa shape index (κ2) is 8.37. The van der Waals surface area contributed by atoms with Crippen molar-refractivity contribution in [3.8, 4) is 17.2 Å². The summed E-state index contributed by atoms with van der Waals surface area (Å²) in [4.78, 5) is 20.3. The zero-order valence-corrected chi connectivity index (χ0v) is 15.4. The molecule has 0 bridgehead atoms. The molecule has 0 aliphatic rings. The monoisotopic (exact) mass is 426 g/mol. The fourth-order valence-electron chi connectivity index (χ4n) is 2.20. The van der Waals surface area contributed by atoms with E-state index in [2.05, 4.69) is 15.3 Å². The van der Waals surface area contributed by atoms with Gasteiger partial charge in [-0.25, -0.2) is 14.4 Å². The number of carbonyl (C=O) groups is 1. The first kappa shape index (κ1) is 18.4. The molecule has 0 fully saturated rings. The van der Waals surface area contributed by atoms with Gasteiger partial charge in [-0.05, 0) is 18.2 Å². The topological polar surface area (TPSA) is 73.3 Å². The molecule has 1 heterocycles. The number of nitrogens with one attached hydrogen (secondary N) is 1. The Hall–Kier alpha value is -2.97. The van der Waals surface area contributed by atoms with Crippen LogP contribution in [0.25, 0.3) is 0 Å². The fraction of sp³-hybridized carbons (Fsp3) is 0.0556. The van der Waals surface area contributed by atoms with Crippen LogP contribution >= 0.6 is 23.2 Å².